The van der Waals surface area contributed by atoms with Gasteiger partial charge in [-0.05, 0) is 41.3 Å². The van der Waals surface area contributed by atoms with Crippen LogP contribution in [0.5, 0.6) is 0 Å². The Morgan fingerprint density at radius 1 is 1.33 bits per heavy atom. The Morgan fingerprint density at radius 2 is 2.00 bits per heavy atom. The van der Waals surface area contributed by atoms with Crippen molar-refractivity contribution in [1.82, 2.24) is 14.4 Å². The van der Waals surface area contributed by atoms with Gasteiger partial charge >= 0.3 is 0 Å². The lowest BCUT2D eigenvalue weighted by atomic mass is 10.3. The second-order valence-electron chi connectivity index (χ2n) is 5.49. The Kier molecular flexibility index (Phi) is 5.45. The zero-order valence-corrected chi connectivity index (χ0v) is 14.2. The van der Waals surface area contributed by atoms with E-state index in [4.69, 9.17) is 0 Å². The molecule has 0 radical (unpaired) electrons. The van der Waals surface area contributed by atoms with Crippen molar-refractivity contribution in [2.45, 2.75) is 32.7 Å². The summed E-state index contributed by atoms with van der Waals surface area (Å²) in [6.07, 6.45) is 5.00. The van der Waals surface area contributed by atoms with Crippen LogP contribution >= 0.6 is 15.9 Å². The van der Waals surface area contributed by atoms with Gasteiger partial charge in [0, 0.05) is 37.4 Å². The fraction of sp³-hybridized carbons (Fsp3) is 0.600. The third kappa shape index (κ3) is 3.87. The third-order valence-electron chi connectivity index (χ3n) is 3.72. The van der Waals surface area contributed by atoms with Crippen LogP contribution in [0.3, 0.4) is 0 Å². The minimum Gasteiger partial charge on any atom is -0.342 e. The van der Waals surface area contributed by atoms with Gasteiger partial charge < -0.3 is 14.4 Å². The van der Waals surface area contributed by atoms with Crippen molar-refractivity contribution in [2.24, 2.45) is 0 Å². The van der Waals surface area contributed by atoms with Crippen LogP contribution in [0.15, 0.2) is 16.7 Å². The van der Waals surface area contributed by atoms with E-state index >= 15 is 0 Å². The Balaban J connectivity index is 2.03. The number of likely N-dealkylation sites (tertiary alicyclic amines) is 1. The number of aryl methyl sites for hydroxylation is 1. The molecule has 0 aliphatic carbocycles. The van der Waals surface area contributed by atoms with Crippen LogP contribution in [0.25, 0.3) is 0 Å². The van der Waals surface area contributed by atoms with Crippen molar-refractivity contribution in [2.75, 3.05) is 26.7 Å². The Bertz CT molecular complexity index is 521. The van der Waals surface area contributed by atoms with Gasteiger partial charge in [0.05, 0.1) is 6.54 Å². The van der Waals surface area contributed by atoms with E-state index in [1.165, 1.54) is 4.90 Å². The number of nitrogens with zero attached hydrogens (tertiary/aromatic N) is 3. The lowest BCUT2D eigenvalue weighted by Gasteiger charge is -2.21. The Morgan fingerprint density at radius 3 is 2.62 bits per heavy atom. The number of hydrogen-bond acceptors (Lipinski definition) is 2. The van der Waals surface area contributed by atoms with E-state index in [-0.39, 0.29) is 18.4 Å². The molecule has 2 rings (SSSR count). The molecule has 2 heterocycles. The van der Waals surface area contributed by atoms with Crippen LogP contribution in [-0.4, -0.2) is 52.9 Å². The zero-order valence-electron chi connectivity index (χ0n) is 12.6. The highest BCUT2D eigenvalue weighted by atomic mass is 79.9. The second kappa shape index (κ2) is 7.11. The van der Waals surface area contributed by atoms with E-state index < -0.39 is 0 Å². The molecule has 0 saturated carbocycles. The average molecular weight is 356 g/mol. The maximum absolute atomic E-state index is 12.5. The molecule has 1 aromatic heterocycles. The topological polar surface area (TPSA) is 45.6 Å². The largest absolute Gasteiger partial charge is 0.342 e. The maximum Gasteiger partial charge on any atom is 0.270 e. The van der Waals surface area contributed by atoms with Crippen LogP contribution in [0.2, 0.25) is 0 Å². The van der Waals surface area contributed by atoms with Gasteiger partial charge in [0.2, 0.25) is 5.91 Å². The average Bonchev–Trinajstić information content (AvgIpc) is 3.08. The summed E-state index contributed by atoms with van der Waals surface area (Å²) < 4.78 is 2.82. The molecule has 1 saturated heterocycles. The molecule has 1 aliphatic rings. The summed E-state index contributed by atoms with van der Waals surface area (Å²) >= 11 is 3.41. The molecule has 0 unspecified atom stereocenters. The van der Waals surface area contributed by atoms with E-state index in [0.717, 1.165) is 43.4 Å². The Labute approximate surface area is 134 Å². The number of amides is 2. The normalized spacial score (nSPS) is 14.5. The summed E-state index contributed by atoms with van der Waals surface area (Å²) in [6, 6.07) is 1.81. The molecule has 0 N–H and O–H groups in total. The number of halogens is 1. The highest BCUT2D eigenvalue weighted by molar-refractivity contribution is 9.10. The molecule has 1 fully saturated rings. The fourth-order valence-electron chi connectivity index (χ4n) is 2.62. The van der Waals surface area contributed by atoms with E-state index in [1.807, 2.05) is 21.7 Å². The van der Waals surface area contributed by atoms with Crippen LogP contribution < -0.4 is 0 Å². The van der Waals surface area contributed by atoms with Crippen molar-refractivity contribution < 1.29 is 9.59 Å². The lowest BCUT2D eigenvalue weighted by molar-refractivity contribution is -0.130. The summed E-state index contributed by atoms with van der Waals surface area (Å²) in [5.74, 6) is -0.0716. The van der Waals surface area contributed by atoms with Gasteiger partial charge in [-0.3, -0.25) is 9.59 Å². The van der Waals surface area contributed by atoms with Crippen molar-refractivity contribution in [3.8, 4) is 0 Å². The minimum atomic E-state index is -0.110. The van der Waals surface area contributed by atoms with E-state index in [2.05, 4.69) is 22.9 Å². The molecule has 0 atom stereocenters. The first kappa shape index (κ1) is 16.1. The number of rotatable bonds is 5. The molecule has 5 nitrogen and oxygen atoms in total. The minimum absolute atomic E-state index is 0.0380. The number of likely N-dealkylation sites (N-methyl/N-ethyl adjacent to an activating group) is 1. The van der Waals surface area contributed by atoms with E-state index in [0.29, 0.717) is 5.69 Å². The molecule has 6 heteroatoms. The van der Waals surface area contributed by atoms with Gasteiger partial charge in [0.25, 0.3) is 5.91 Å². The molecule has 0 aromatic carbocycles. The second-order valence-corrected chi connectivity index (χ2v) is 6.40. The summed E-state index contributed by atoms with van der Waals surface area (Å²) in [4.78, 5) is 28.0. The van der Waals surface area contributed by atoms with Gasteiger partial charge in [-0.1, -0.05) is 6.92 Å². The van der Waals surface area contributed by atoms with Crippen molar-refractivity contribution in [3.63, 3.8) is 0 Å². The maximum atomic E-state index is 12.5. The van der Waals surface area contributed by atoms with Crippen molar-refractivity contribution in [3.05, 3.63) is 22.4 Å². The smallest absolute Gasteiger partial charge is 0.270 e. The zero-order chi connectivity index (χ0) is 15.4. The molecule has 116 valence electrons. The van der Waals surface area contributed by atoms with Crippen molar-refractivity contribution >= 4 is 27.7 Å². The predicted molar refractivity (Wildman–Crippen MR) is 85.2 cm³/mol. The number of carbonyl (C=O) groups excluding carboxylic acids is 2. The lowest BCUT2D eigenvalue weighted by Crippen LogP contribution is -2.40. The van der Waals surface area contributed by atoms with Gasteiger partial charge in [-0.15, -0.1) is 0 Å². The van der Waals surface area contributed by atoms with Crippen LogP contribution in [0.4, 0.5) is 0 Å². The number of aromatic nitrogens is 1. The first-order valence-corrected chi connectivity index (χ1v) is 8.21. The molecule has 0 bridgehead atoms. The molecule has 1 aliphatic heterocycles. The summed E-state index contributed by atoms with van der Waals surface area (Å²) in [5.41, 5.74) is 0.625. The molecular formula is C15H22BrN3O2. The molecule has 0 spiro atoms. The highest BCUT2D eigenvalue weighted by Gasteiger charge is 2.23. The predicted octanol–water partition coefficient (Wildman–Crippen LogP) is 2.36. The quantitative estimate of drug-likeness (QED) is 0.813. The highest BCUT2D eigenvalue weighted by Crippen LogP contribution is 2.17. The number of hydrogen-bond donors (Lipinski definition) is 0. The summed E-state index contributed by atoms with van der Waals surface area (Å²) in [5, 5.41) is 0. The molecule has 2 amide bonds. The van der Waals surface area contributed by atoms with Gasteiger partial charge in [-0.2, -0.15) is 0 Å². The van der Waals surface area contributed by atoms with Gasteiger partial charge in [0.1, 0.15) is 5.69 Å². The molecule has 21 heavy (non-hydrogen) atoms. The van der Waals surface area contributed by atoms with Crippen LogP contribution in [0, 0.1) is 0 Å². The third-order valence-corrected chi connectivity index (χ3v) is 4.16. The monoisotopic (exact) mass is 355 g/mol. The fourth-order valence-corrected chi connectivity index (χ4v) is 3.08. The first-order chi connectivity index (χ1) is 10.0. The number of carbonyl (C=O) groups is 2. The van der Waals surface area contributed by atoms with Crippen molar-refractivity contribution in [1.29, 1.82) is 0 Å². The van der Waals surface area contributed by atoms with Crippen LogP contribution in [-0.2, 0) is 11.3 Å². The molecule has 1 aromatic rings. The SMILES string of the molecule is CCCn1cc(Br)cc1C(=O)N(C)CC(=O)N1CCCC1. The van der Waals surface area contributed by atoms with Gasteiger partial charge in [-0.25, -0.2) is 0 Å². The summed E-state index contributed by atoms with van der Waals surface area (Å²) in [7, 11) is 1.69. The summed E-state index contributed by atoms with van der Waals surface area (Å²) in [6.45, 7) is 4.65. The van der Waals surface area contributed by atoms with E-state index in [1.54, 1.807) is 7.05 Å². The Hall–Kier alpha value is -1.30. The first-order valence-electron chi connectivity index (χ1n) is 7.42. The van der Waals surface area contributed by atoms with Gasteiger partial charge in [0.15, 0.2) is 0 Å². The van der Waals surface area contributed by atoms with Crippen LogP contribution in [0.1, 0.15) is 36.7 Å². The molecular weight excluding hydrogens is 334 g/mol. The standard InChI is InChI=1S/C15H22BrN3O2/c1-3-6-19-10-12(16)9-13(19)15(21)17(2)11-14(20)18-7-4-5-8-18/h9-10H,3-8,11H2,1-2H3. The van der Waals surface area contributed by atoms with E-state index in [9.17, 15) is 9.59 Å².